The average molecular weight is 379 g/mol. The number of ether oxygens (including phenoxy) is 1. The van der Waals surface area contributed by atoms with Crippen molar-refractivity contribution in [3.63, 3.8) is 0 Å². The second-order valence-electron chi connectivity index (χ2n) is 7.59. The van der Waals surface area contributed by atoms with E-state index in [4.69, 9.17) is 4.74 Å². The number of rotatable bonds is 3. The quantitative estimate of drug-likeness (QED) is 0.857. The van der Waals surface area contributed by atoms with Crippen LogP contribution in [0.15, 0.2) is 28.2 Å². The summed E-state index contributed by atoms with van der Waals surface area (Å²) in [6, 6.07) is 6.80. The molecular formula is C19H27BrN2O. The fraction of sp³-hybridized carbons (Fsp3) is 0.579. The summed E-state index contributed by atoms with van der Waals surface area (Å²) in [6.07, 6.45) is 4.72. The molecule has 1 saturated heterocycles. The molecule has 0 radical (unpaired) electrons. The molecule has 2 aliphatic rings. The van der Waals surface area contributed by atoms with Crippen LogP contribution in [0.3, 0.4) is 0 Å². The number of likely N-dealkylation sites (tertiary alicyclic amines) is 1. The van der Waals surface area contributed by atoms with Gasteiger partial charge in [0.05, 0.1) is 0 Å². The minimum atomic E-state index is 0.293. The maximum atomic E-state index is 5.86. The number of hydrogen-bond acceptors (Lipinski definition) is 3. The summed E-state index contributed by atoms with van der Waals surface area (Å²) in [7, 11) is 0. The highest BCUT2D eigenvalue weighted by Gasteiger charge is 2.26. The zero-order valence-electron chi connectivity index (χ0n) is 14.4. The monoisotopic (exact) mass is 378 g/mol. The molecule has 1 fully saturated rings. The van der Waals surface area contributed by atoms with Gasteiger partial charge in [-0.1, -0.05) is 15.9 Å². The predicted octanol–water partition coefficient (Wildman–Crippen LogP) is 4.08. The molecule has 1 aromatic rings. The number of benzene rings is 1. The van der Waals surface area contributed by atoms with Gasteiger partial charge in [-0.25, -0.2) is 0 Å². The van der Waals surface area contributed by atoms with Crippen molar-refractivity contribution in [1.82, 2.24) is 10.2 Å². The number of fused-ring (bicyclic) bond motifs is 1. The van der Waals surface area contributed by atoms with E-state index in [2.05, 4.69) is 59.1 Å². The summed E-state index contributed by atoms with van der Waals surface area (Å²) < 4.78 is 6.95. The second-order valence-corrected chi connectivity index (χ2v) is 8.50. The number of halogens is 1. The first-order valence-electron chi connectivity index (χ1n) is 8.52. The van der Waals surface area contributed by atoms with Gasteiger partial charge in [0.2, 0.25) is 0 Å². The summed E-state index contributed by atoms with van der Waals surface area (Å²) in [5.41, 5.74) is 2.79. The predicted molar refractivity (Wildman–Crippen MR) is 100.0 cm³/mol. The minimum Gasteiger partial charge on any atom is -0.489 e. The Hall–Kier alpha value is -0.840. The highest BCUT2D eigenvalue weighted by Crippen LogP contribution is 2.29. The van der Waals surface area contributed by atoms with Crippen molar-refractivity contribution in [3.8, 4) is 5.75 Å². The Bertz CT molecular complexity index is 584. The number of nitrogens with zero attached hydrogens (tertiary/aromatic N) is 1. The summed E-state index contributed by atoms with van der Waals surface area (Å²) in [4.78, 5) is 2.59. The van der Waals surface area contributed by atoms with Crippen molar-refractivity contribution in [2.75, 3.05) is 26.2 Å². The Balaban J connectivity index is 1.52. The Morgan fingerprint density at radius 2 is 2.00 bits per heavy atom. The molecule has 3 nitrogen and oxygen atoms in total. The maximum Gasteiger partial charge on any atom is 0.127 e. The largest absolute Gasteiger partial charge is 0.489 e. The van der Waals surface area contributed by atoms with E-state index in [-0.39, 0.29) is 0 Å². The third-order valence-corrected chi connectivity index (χ3v) is 5.30. The zero-order chi connectivity index (χ0) is 16.4. The molecule has 126 valence electrons. The van der Waals surface area contributed by atoms with Gasteiger partial charge in [0.1, 0.15) is 12.4 Å². The van der Waals surface area contributed by atoms with E-state index in [1.165, 1.54) is 37.1 Å². The first kappa shape index (κ1) is 17.0. The minimum absolute atomic E-state index is 0.293. The van der Waals surface area contributed by atoms with Gasteiger partial charge < -0.3 is 10.1 Å². The van der Waals surface area contributed by atoms with Crippen LogP contribution < -0.4 is 10.1 Å². The molecule has 0 bridgehead atoms. The van der Waals surface area contributed by atoms with Gasteiger partial charge in [0.25, 0.3) is 0 Å². The van der Waals surface area contributed by atoms with Crippen LogP contribution in [0, 0.1) is 0 Å². The third-order valence-electron chi connectivity index (χ3n) is 4.81. The topological polar surface area (TPSA) is 24.5 Å². The summed E-state index contributed by atoms with van der Waals surface area (Å²) >= 11 is 3.53. The molecule has 0 amide bonds. The molecule has 1 N–H and O–H groups in total. The lowest BCUT2D eigenvalue weighted by Gasteiger charge is -2.41. The fourth-order valence-corrected chi connectivity index (χ4v) is 3.71. The number of piperidine rings is 1. The molecule has 2 heterocycles. The normalized spacial score (nSPS) is 19.9. The Morgan fingerprint density at radius 1 is 1.26 bits per heavy atom. The summed E-state index contributed by atoms with van der Waals surface area (Å²) in [5.74, 6) is 0.982. The van der Waals surface area contributed by atoms with Crippen LogP contribution in [0.25, 0.3) is 6.08 Å². The Labute approximate surface area is 148 Å². The molecular weight excluding hydrogens is 352 g/mol. The second kappa shape index (κ2) is 6.96. The van der Waals surface area contributed by atoms with Gasteiger partial charge in [-0.05, 0) is 63.5 Å². The van der Waals surface area contributed by atoms with E-state index < -0.39 is 0 Å². The lowest BCUT2D eigenvalue weighted by Crippen LogP contribution is -2.50. The molecule has 23 heavy (non-hydrogen) atoms. The van der Waals surface area contributed by atoms with Crippen molar-refractivity contribution in [3.05, 3.63) is 33.8 Å². The SMILES string of the molecule is CC(C)(C)N1CCC(NCC2=Cc3cc(Br)ccc3OC2)CC1. The molecule has 0 aliphatic carbocycles. The molecule has 0 spiro atoms. The van der Waals surface area contributed by atoms with Crippen LogP contribution >= 0.6 is 15.9 Å². The van der Waals surface area contributed by atoms with Crippen molar-refractivity contribution < 1.29 is 4.74 Å². The first-order chi connectivity index (χ1) is 10.9. The lowest BCUT2D eigenvalue weighted by molar-refractivity contribution is 0.0968. The molecule has 3 rings (SSSR count). The first-order valence-corrected chi connectivity index (χ1v) is 9.31. The van der Waals surface area contributed by atoms with E-state index in [9.17, 15) is 0 Å². The smallest absolute Gasteiger partial charge is 0.127 e. The molecule has 0 saturated carbocycles. The maximum absolute atomic E-state index is 5.86. The van der Waals surface area contributed by atoms with Crippen LogP contribution in [0.4, 0.5) is 0 Å². The van der Waals surface area contributed by atoms with Gasteiger partial charge in [0.15, 0.2) is 0 Å². The fourth-order valence-electron chi connectivity index (χ4n) is 3.33. The standard InChI is InChI=1S/C19H27BrN2O/c1-19(2,3)22-8-6-17(7-9-22)21-12-14-10-15-11-16(20)4-5-18(15)23-13-14/h4-5,10-11,17,21H,6-9,12-13H2,1-3H3. The van der Waals surface area contributed by atoms with Gasteiger partial charge >= 0.3 is 0 Å². The van der Waals surface area contributed by atoms with E-state index in [1.54, 1.807) is 0 Å². The molecule has 2 aliphatic heterocycles. The van der Waals surface area contributed by atoms with E-state index in [0.29, 0.717) is 18.2 Å². The lowest BCUT2D eigenvalue weighted by atomic mass is 9.98. The Morgan fingerprint density at radius 3 is 2.70 bits per heavy atom. The highest BCUT2D eigenvalue weighted by atomic mass is 79.9. The zero-order valence-corrected chi connectivity index (χ0v) is 15.9. The number of nitrogens with one attached hydrogen (secondary N) is 1. The van der Waals surface area contributed by atoms with Crippen molar-refractivity contribution in [1.29, 1.82) is 0 Å². The van der Waals surface area contributed by atoms with Gasteiger partial charge in [-0.2, -0.15) is 0 Å². The van der Waals surface area contributed by atoms with Crippen LogP contribution in [-0.4, -0.2) is 42.7 Å². The van der Waals surface area contributed by atoms with E-state index >= 15 is 0 Å². The summed E-state index contributed by atoms with van der Waals surface area (Å²) in [6.45, 7) is 10.9. The van der Waals surface area contributed by atoms with Crippen LogP contribution in [0.1, 0.15) is 39.2 Å². The average Bonchev–Trinajstić information content (AvgIpc) is 2.52. The van der Waals surface area contributed by atoms with Crippen molar-refractivity contribution in [2.45, 2.75) is 45.2 Å². The number of hydrogen-bond donors (Lipinski definition) is 1. The molecule has 4 heteroatoms. The summed E-state index contributed by atoms with van der Waals surface area (Å²) in [5, 5.41) is 3.72. The van der Waals surface area contributed by atoms with Gasteiger partial charge in [0, 0.05) is 41.3 Å². The molecule has 0 aromatic heterocycles. The van der Waals surface area contributed by atoms with E-state index in [0.717, 1.165) is 16.8 Å². The van der Waals surface area contributed by atoms with Crippen LogP contribution in [0.2, 0.25) is 0 Å². The van der Waals surface area contributed by atoms with Crippen LogP contribution in [-0.2, 0) is 0 Å². The van der Waals surface area contributed by atoms with Crippen molar-refractivity contribution in [2.24, 2.45) is 0 Å². The van der Waals surface area contributed by atoms with Gasteiger partial charge in [-0.3, -0.25) is 4.90 Å². The van der Waals surface area contributed by atoms with Crippen LogP contribution in [0.5, 0.6) is 5.75 Å². The van der Waals surface area contributed by atoms with E-state index in [1.807, 2.05) is 12.1 Å². The van der Waals surface area contributed by atoms with Crippen molar-refractivity contribution >= 4 is 22.0 Å². The van der Waals surface area contributed by atoms with Gasteiger partial charge in [-0.15, -0.1) is 0 Å². The molecule has 0 atom stereocenters. The molecule has 0 unspecified atom stereocenters. The third kappa shape index (κ3) is 4.37. The molecule has 1 aromatic carbocycles. The Kier molecular flexibility index (Phi) is 5.14. The highest BCUT2D eigenvalue weighted by molar-refractivity contribution is 9.10.